The van der Waals surface area contributed by atoms with Crippen molar-refractivity contribution in [3.05, 3.63) is 36.7 Å². The van der Waals surface area contributed by atoms with Crippen LogP contribution in [0.5, 0.6) is 0 Å². The molecule has 2 aliphatic rings. The van der Waals surface area contributed by atoms with E-state index in [1.165, 1.54) is 0 Å². The van der Waals surface area contributed by atoms with E-state index in [0.29, 0.717) is 25.8 Å². The summed E-state index contributed by atoms with van der Waals surface area (Å²) in [7, 11) is 0. The van der Waals surface area contributed by atoms with Crippen LogP contribution in [-0.2, 0) is 9.47 Å². The summed E-state index contributed by atoms with van der Waals surface area (Å²) in [4.78, 5) is 19.1. The van der Waals surface area contributed by atoms with Crippen molar-refractivity contribution < 1.29 is 9.47 Å². The first kappa shape index (κ1) is 23.7. The number of unbranched alkanes of at least 4 members (excludes halogenated alkanes) is 1. The van der Waals surface area contributed by atoms with Crippen LogP contribution in [0.1, 0.15) is 19.3 Å². The van der Waals surface area contributed by atoms with Gasteiger partial charge in [-0.05, 0) is 37.9 Å². The lowest BCUT2D eigenvalue weighted by molar-refractivity contribution is 0.0335. The number of fused-ring (bicyclic) bond motifs is 1. The van der Waals surface area contributed by atoms with Crippen molar-refractivity contribution in [1.29, 1.82) is 0 Å². The Kier molecular flexibility index (Phi) is 7.97. The quantitative estimate of drug-likeness (QED) is 0.523. The predicted octanol–water partition coefficient (Wildman–Crippen LogP) is 2.41. The Balaban J connectivity index is 0.00000259. The summed E-state index contributed by atoms with van der Waals surface area (Å²) in [5, 5.41) is 0. The van der Waals surface area contributed by atoms with Gasteiger partial charge in [0.15, 0.2) is 0 Å². The second kappa shape index (κ2) is 11.1. The molecular weight excluding hydrogens is 442 g/mol. The molecule has 1 aromatic carbocycles. The number of halogens is 1. The van der Waals surface area contributed by atoms with Crippen LogP contribution in [0.4, 0.5) is 11.6 Å². The van der Waals surface area contributed by atoms with Crippen LogP contribution in [0.15, 0.2) is 36.7 Å². The van der Waals surface area contributed by atoms with E-state index < -0.39 is 0 Å². The van der Waals surface area contributed by atoms with Gasteiger partial charge in [-0.3, -0.25) is 4.57 Å². The molecule has 0 amide bonds. The highest BCUT2D eigenvalue weighted by Crippen LogP contribution is 2.26. The van der Waals surface area contributed by atoms with Gasteiger partial charge in [-0.2, -0.15) is 9.97 Å². The Labute approximate surface area is 200 Å². The van der Waals surface area contributed by atoms with E-state index in [2.05, 4.69) is 26.9 Å². The highest BCUT2D eigenvalue weighted by atomic mass is 35.5. The molecule has 3 aromatic rings. The number of anilines is 2. The van der Waals surface area contributed by atoms with Crippen LogP contribution in [0.3, 0.4) is 0 Å². The largest absolute Gasteiger partial charge is 0.378 e. The molecule has 2 N–H and O–H groups in total. The summed E-state index contributed by atoms with van der Waals surface area (Å²) in [6.07, 6.45) is 5.15. The number of nitrogens with zero attached hydrogens (tertiary/aromatic N) is 6. The lowest BCUT2D eigenvalue weighted by Gasteiger charge is -2.35. The maximum absolute atomic E-state index is 6.01. The van der Waals surface area contributed by atoms with Gasteiger partial charge in [-0.1, -0.05) is 12.1 Å². The minimum atomic E-state index is 0. The van der Waals surface area contributed by atoms with E-state index in [0.717, 1.165) is 74.7 Å². The first-order chi connectivity index (χ1) is 15.8. The Morgan fingerprint density at radius 1 is 0.970 bits per heavy atom. The number of ether oxygens (including phenoxy) is 2. The molecule has 178 valence electrons. The average Bonchev–Trinajstić information content (AvgIpc) is 3.29. The summed E-state index contributed by atoms with van der Waals surface area (Å²) < 4.78 is 13.5. The van der Waals surface area contributed by atoms with Crippen LogP contribution in [0.2, 0.25) is 0 Å². The topological polar surface area (TPSA) is 94.6 Å². The van der Waals surface area contributed by atoms with Crippen molar-refractivity contribution in [3.63, 3.8) is 0 Å². The zero-order valence-electron chi connectivity index (χ0n) is 18.8. The number of benzene rings is 1. The maximum Gasteiger partial charge on any atom is 0.239 e. The highest BCUT2D eigenvalue weighted by molar-refractivity contribution is 5.85. The first-order valence-electron chi connectivity index (χ1n) is 11.5. The molecular formula is C23H32ClN7O2. The Morgan fingerprint density at radius 3 is 2.55 bits per heavy atom. The van der Waals surface area contributed by atoms with E-state index >= 15 is 0 Å². The number of morpholine rings is 2. The lowest BCUT2D eigenvalue weighted by Crippen LogP contribution is -2.43. The van der Waals surface area contributed by atoms with Crippen LogP contribution in [-0.4, -0.2) is 78.2 Å². The second-order valence-corrected chi connectivity index (χ2v) is 8.31. The highest BCUT2D eigenvalue weighted by Gasteiger charge is 2.24. The van der Waals surface area contributed by atoms with Crippen molar-refractivity contribution in [2.45, 2.75) is 25.4 Å². The van der Waals surface area contributed by atoms with Crippen molar-refractivity contribution >= 4 is 35.1 Å². The van der Waals surface area contributed by atoms with Gasteiger partial charge in [-0.25, -0.2) is 4.98 Å². The van der Waals surface area contributed by atoms with Crippen LogP contribution in [0, 0.1) is 0 Å². The zero-order chi connectivity index (χ0) is 21.8. The molecule has 2 saturated heterocycles. The minimum Gasteiger partial charge on any atom is -0.378 e. The number of nitrogens with two attached hydrogens (primary N) is 1. The predicted molar refractivity (Wildman–Crippen MR) is 132 cm³/mol. The Morgan fingerprint density at radius 2 is 1.73 bits per heavy atom. The molecule has 1 atom stereocenters. The summed E-state index contributed by atoms with van der Waals surface area (Å²) in [6.45, 7) is 6.15. The summed E-state index contributed by atoms with van der Waals surface area (Å²) in [5.41, 5.74) is 7.59. The van der Waals surface area contributed by atoms with Crippen LogP contribution in [0.25, 0.3) is 17.0 Å². The summed E-state index contributed by atoms with van der Waals surface area (Å²) >= 11 is 0. The van der Waals surface area contributed by atoms with Gasteiger partial charge in [0, 0.05) is 32.2 Å². The molecule has 2 aliphatic heterocycles. The third kappa shape index (κ3) is 5.38. The van der Waals surface area contributed by atoms with Crippen molar-refractivity contribution in [2.75, 3.05) is 62.3 Å². The number of hydrogen-bond donors (Lipinski definition) is 1. The average molecular weight is 474 g/mol. The molecule has 9 nitrogen and oxygen atoms in total. The summed E-state index contributed by atoms with van der Waals surface area (Å²) in [5.74, 6) is 2.50. The van der Waals surface area contributed by atoms with E-state index in [4.69, 9.17) is 25.2 Å². The van der Waals surface area contributed by atoms with Crippen molar-refractivity contribution in [2.24, 2.45) is 5.73 Å². The van der Waals surface area contributed by atoms with Gasteiger partial charge < -0.3 is 25.0 Å². The van der Waals surface area contributed by atoms with E-state index in [1.807, 2.05) is 29.1 Å². The van der Waals surface area contributed by atoms with Crippen LogP contribution >= 0.6 is 12.4 Å². The van der Waals surface area contributed by atoms with Gasteiger partial charge in [-0.15, -0.1) is 12.4 Å². The monoisotopic (exact) mass is 473 g/mol. The standard InChI is InChI=1S/C23H31N7O2.ClH/c24-8-4-3-5-18-16-29(11-14-32-18)22-15-21(28-9-12-31-13-10-28)26-23(27-22)30-17-25-19-6-1-2-7-20(19)30;/h1-2,6-7,15,17-18H,3-5,8-14,16,24H2;1H. The van der Waals surface area contributed by atoms with Crippen molar-refractivity contribution in [1.82, 2.24) is 19.5 Å². The Hall–Kier alpha value is -2.46. The molecule has 0 spiro atoms. The zero-order valence-corrected chi connectivity index (χ0v) is 19.6. The SMILES string of the molecule is Cl.NCCCCC1CN(c2cc(N3CCOCC3)nc(-n3cnc4ccccc43)n2)CCO1. The fourth-order valence-electron chi connectivity index (χ4n) is 4.37. The minimum absolute atomic E-state index is 0. The maximum atomic E-state index is 6.01. The number of aromatic nitrogens is 4. The third-order valence-corrected chi connectivity index (χ3v) is 6.13. The number of rotatable bonds is 7. The molecule has 33 heavy (non-hydrogen) atoms. The van der Waals surface area contributed by atoms with Gasteiger partial charge in [0.2, 0.25) is 5.95 Å². The third-order valence-electron chi connectivity index (χ3n) is 6.13. The van der Waals surface area contributed by atoms with E-state index in [1.54, 1.807) is 0 Å². The normalized spacial score (nSPS) is 19.0. The van der Waals surface area contributed by atoms with Gasteiger partial charge in [0.05, 0.1) is 37.0 Å². The van der Waals surface area contributed by atoms with Crippen molar-refractivity contribution in [3.8, 4) is 5.95 Å². The molecule has 10 heteroatoms. The molecule has 0 radical (unpaired) electrons. The van der Waals surface area contributed by atoms with Gasteiger partial charge in [0.1, 0.15) is 18.0 Å². The van der Waals surface area contributed by atoms with Crippen LogP contribution < -0.4 is 15.5 Å². The second-order valence-electron chi connectivity index (χ2n) is 8.31. The fraction of sp³-hybridized carbons (Fsp3) is 0.522. The number of hydrogen-bond acceptors (Lipinski definition) is 8. The number of imidazole rings is 1. The number of para-hydroxylation sites is 2. The first-order valence-corrected chi connectivity index (χ1v) is 11.5. The molecule has 4 heterocycles. The Bertz CT molecular complexity index is 1040. The van der Waals surface area contributed by atoms with Gasteiger partial charge in [0.25, 0.3) is 0 Å². The smallest absolute Gasteiger partial charge is 0.239 e. The molecule has 0 aliphatic carbocycles. The molecule has 0 saturated carbocycles. The van der Waals surface area contributed by atoms with E-state index in [-0.39, 0.29) is 18.5 Å². The fourth-order valence-corrected chi connectivity index (χ4v) is 4.37. The molecule has 5 rings (SSSR count). The molecule has 2 fully saturated rings. The summed E-state index contributed by atoms with van der Waals surface area (Å²) in [6, 6.07) is 10.2. The molecule has 0 bridgehead atoms. The molecule has 2 aromatic heterocycles. The molecule has 1 unspecified atom stereocenters. The van der Waals surface area contributed by atoms with E-state index in [9.17, 15) is 0 Å². The van der Waals surface area contributed by atoms with Gasteiger partial charge >= 0.3 is 0 Å². The lowest BCUT2D eigenvalue weighted by atomic mass is 10.1.